The van der Waals surface area contributed by atoms with Gasteiger partial charge in [-0.15, -0.1) is 6.58 Å². The fourth-order valence-electron chi connectivity index (χ4n) is 1.94. The van der Waals surface area contributed by atoms with Crippen molar-refractivity contribution in [2.75, 3.05) is 0 Å². The van der Waals surface area contributed by atoms with Gasteiger partial charge in [0.1, 0.15) is 5.76 Å². The van der Waals surface area contributed by atoms with E-state index in [1.807, 2.05) is 18.2 Å². The molecule has 94 valence electrons. The third-order valence-electron chi connectivity index (χ3n) is 2.98. The van der Waals surface area contributed by atoms with Crippen molar-refractivity contribution in [2.45, 2.75) is 25.9 Å². The number of benzene rings is 1. The molecule has 0 amide bonds. The molecular formula is C16H19NO. The van der Waals surface area contributed by atoms with E-state index >= 15 is 0 Å². The van der Waals surface area contributed by atoms with Crippen molar-refractivity contribution in [3.8, 4) is 0 Å². The Morgan fingerprint density at radius 2 is 2.06 bits per heavy atom. The molecule has 0 unspecified atom stereocenters. The standard InChI is InChI=1S/C16H19NO/c1-3-5-16(14-9-7-13(2)8-10-14)17-12-15-6-4-11-18-15/h3-4,6-11,16-17H,1,5,12H2,2H3/t16-/m1/s1. The second-order valence-electron chi connectivity index (χ2n) is 4.45. The predicted octanol–water partition coefficient (Wildman–Crippen LogP) is 4.00. The molecule has 0 aliphatic heterocycles. The summed E-state index contributed by atoms with van der Waals surface area (Å²) in [7, 11) is 0. The molecule has 1 heterocycles. The summed E-state index contributed by atoms with van der Waals surface area (Å²) in [5, 5.41) is 3.49. The zero-order chi connectivity index (χ0) is 12.8. The first-order valence-corrected chi connectivity index (χ1v) is 6.23. The fourth-order valence-corrected chi connectivity index (χ4v) is 1.94. The van der Waals surface area contributed by atoms with Gasteiger partial charge in [-0.1, -0.05) is 35.9 Å². The molecule has 18 heavy (non-hydrogen) atoms. The van der Waals surface area contributed by atoms with Gasteiger partial charge in [0.15, 0.2) is 0 Å². The van der Waals surface area contributed by atoms with Crippen molar-refractivity contribution in [1.82, 2.24) is 5.32 Å². The molecule has 1 atom stereocenters. The van der Waals surface area contributed by atoms with Crippen molar-refractivity contribution in [1.29, 1.82) is 0 Å². The maximum absolute atomic E-state index is 5.33. The second kappa shape index (κ2) is 6.22. The number of rotatable bonds is 6. The first-order chi connectivity index (χ1) is 8.79. The minimum Gasteiger partial charge on any atom is -0.468 e. The predicted molar refractivity (Wildman–Crippen MR) is 74.3 cm³/mol. The topological polar surface area (TPSA) is 25.2 Å². The van der Waals surface area contributed by atoms with Crippen molar-refractivity contribution in [2.24, 2.45) is 0 Å². The molecule has 1 N–H and O–H groups in total. The summed E-state index contributed by atoms with van der Waals surface area (Å²) in [6, 6.07) is 12.8. The van der Waals surface area contributed by atoms with E-state index in [0.29, 0.717) is 0 Å². The Morgan fingerprint density at radius 1 is 1.28 bits per heavy atom. The average molecular weight is 241 g/mol. The van der Waals surface area contributed by atoms with E-state index in [1.54, 1.807) is 6.26 Å². The SMILES string of the molecule is C=CC[C@@H](NCc1ccco1)c1ccc(C)cc1. The Hall–Kier alpha value is -1.80. The number of aryl methyl sites for hydroxylation is 1. The maximum Gasteiger partial charge on any atom is 0.117 e. The Bertz CT molecular complexity index is 470. The zero-order valence-electron chi connectivity index (χ0n) is 10.7. The fraction of sp³-hybridized carbons (Fsp3) is 0.250. The van der Waals surface area contributed by atoms with Crippen molar-refractivity contribution < 1.29 is 4.42 Å². The molecule has 0 spiro atoms. The highest BCUT2D eigenvalue weighted by atomic mass is 16.3. The zero-order valence-corrected chi connectivity index (χ0v) is 10.7. The molecule has 0 bridgehead atoms. The molecule has 2 rings (SSSR count). The monoisotopic (exact) mass is 241 g/mol. The van der Waals surface area contributed by atoms with E-state index < -0.39 is 0 Å². The van der Waals surface area contributed by atoms with Crippen LogP contribution in [0.5, 0.6) is 0 Å². The largest absolute Gasteiger partial charge is 0.468 e. The maximum atomic E-state index is 5.33. The van der Waals surface area contributed by atoms with E-state index in [1.165, 1.54) is 11.1 Å². The summed E-state index contributed by atoms with van der Waals surface area (Å²) in [6.07, 6.45) is 4.55. The number of hydrogen-bond donors (Lipinski definition) is 1. The molecule has 0 radical (unpaired) electrons. The third-order valence-corrected chi connectivity index (χ3v) is 2.98. The highest BCUT2D eigenvalue weighted by molar-refractivity contribution is 5.24. The first kappa shape index (κ1) is 12.7. The normalized spacial score (nSPS) is 12.3. The Morgan fingerprint density at radius 3 is 2.67 bits per heavy atom. The number of nitrogens with one attached hydrogen (secondary N) is 1. The van der Waals surface area contributed by atoms with Crippen molar-refractivity contribution >= 4 is 0 Å². The molecule has 1 aromatic heterocycles. The summed E-state index contributed by atoms with van der Waals surface area (Å²) in [4.78, 5) is 0. The smallest absolute Gasteiger partial charge is 0.117 e. The van der Waals surface area contributed by atoms with Gasteiger partial charge < -0.3 is 9.73 Å². The Labute approximate surface area is 108 Å². The van der Waals surface area contributed by atoms with Gasteiger partial charge in [0, 0.05) is 6.04 Å². The molecule has 1 aromatic carbocycles. The summed E-state index contributed by atoms with van der Waals surface area (Å²) in [6.45, 7) is 6.66. The van der Waals surface area contributed by atoms with E-state index in [4.69, 9.17) is 4.42 Å². The Kier molecular flexibility index (Phi) is 4.37. The summed E-state index contributed by atoms with van der Waals surface area (Å²) >= 11 is 0. The molecule has 0 saturated heterocycles. The van der Waals surface area contributed by atoms with Crippen LogP contribution in [0.4, 0.5) is 0 Å². The average Bonchev–Trinajstić information content (AvgIpc) is 2.89. The van der Waals surface area contributed by atoms with E-state index in [2.05, 4.69) is 43.1 Å². The molecule has 0 aliphatic carbocycles. The molecule has 0 saturated carbocycles. The molecule has 0 fully saturated rings. The first-order valence-electron chi connectivity index (χ1n) is 6.23. The lowest BCUT2D eigenvalue weighted by Gasteiger charge is -2.17. The number of furan rings is 1. The Balaban J connectivity index is 2.03. The minimum absolute atomic E-state index is 0.285. The summed E-state index contributed by atoms with van der Waals surface area (Å²) < 4.78 is 5.33. The second-order valence-corrected chi connectivity index (χ2v) is 4.45. The van der Waals surface area contributed by atoms with Crippen LogP contribution in [0.2, 0.25) is 0 Å². The highest BCUT2D eigenvalue weighted by Gasteiger charge is 2.09. The highest BCUT2D eigenvalue weighted by Crippen LogP contribution is 2.18. The quantitative estimate of drug-likeness (QED) is 0.773. The lowest BCUT2D eigenvalue weighted by molar-refractivity contribution is 0.450. The molecular weight excluding hydrogens is 222 g/mol. The van der Waals surface area contributed by atoms with Gasteiger partial charge in [0.05, 0.1) is 12.8 Å². The number of hydrogen-bond acceptors (Lipinski definition) is 2. The summed E-state index contributed by atoms with van der Waals surface area (Å²) in [5.74, 6) is 0.955. The van der Waals surface area contributed by atoms with Gasteiger partial charge in [0.2, 0.25) is 0 Å². The van der Waals surface area contributed by atoms with Crippen LogP contribution >= 0.6 is 0 Å². The molecule has 2 heteroatoms. The van der Waals surface area contributed by atoms with Crippen LogP contribution in [0.1, 0.15) is 29.3 Å². The van der Waals surface area contributed by atoms with Gasteiger partial charge in [-0.25, -0.2) is 0 Å². The lowest BCUT2D eigenvalue weighted by atomic mass is 10.0. The van der Waals surface area contributed by atoms with Crippen molar-refractivity contribution in [3.05, 3.63) is 72.2 Å². The van der Waals surface area contributed by atoms with Crippen molar-refractivity contribution in [3.63, 3.8) is 0 Å². The van der Waals surface area contributed by atoms with E-state index in [0.717, 1.165) is 18.7 Å². The van der Waals surface area contributed by atoms with E-state index in [9.17, 15) is 0 Å². The molecule has 2 aromatic rings. The van der Waals surface area contributed by atoms with Crippen LogP contribution in [0.15, 0.2) is 59.7 Å². The van der Waals surface area contributed by atoms with Crippen LogP contribution in [0.25, 0.3) is 0 Å². The van der Waals surface area contributed by atoms with E-state index in [-0.39, 0.29) is 6.04 Å². The van der Waals surface area contributed by atoms with Crippen LogP contribution < -0.4 is 5.32 Å². The molecule has 2 nitrogen and oxygen atoms in total. The van der Waals surface area contributed by atoms with Crippen LogP contribution in [-0.4, -0.2) is 0 Å². The minimum atomic E-state index is 0.285. The van der Waals surface area contributed by atoms with Gasteiger partial charge in [0.25, 0.3) is 0 Å². The van der Waals surface area contributed by atoms with Crippen LogP contribution in [-0.2, 0) is 6.54 Å². The summed E-state index contributed by atoms with van der Waals surface area (Å²) in [5.41, 5.74) is 2.56. The molecule has 0 aliphatic rings. The lowest BCUT2D eigenvalue weighted by Crippen LogP contribution is -2.20. The van der Waals surface area contributed by atoms with Gasteiger partial charge in [-0.3, -0.25) is 0 Å². The van der Waals surface area contributed by atoms with Crippen LogP contribution in [0, 0.1) is 6.92 Å². The van der Waals surface area contributed by atoms with Gasteiger partial charge in [-0.2, -0.15) is 0 Å². The van der Waals surface area contributed by atoms with Crippen LogP contribution in [0.3, 0.4) is 0 Å². The van der Waals surface area contributed by atoms with Gasteiger partial charge in [-0.05, 0) is 31.0 Å². The van der Waals surface area contributed by atoms with Gasteiger partial charge >= 0.3 is 0 Å². The third kappa shape index (κ3) is 3.34.